The van der Waals surface area contributed by atoms with Gasteiger partial charge in [0.2, 0.25) is 0 Å². The average Bonchev–Trinajstić information content (AvgIpc) is 3.18. The largest absolute Gasteiger partial charge is 0.486 e. The molecule has 0 fully saturated rings. The second-order valence-corrected chi connectivity index (χ2v) is 6.00. The Kier molecular flexibility index (Phi) is 4.40. The van der Waals surface area contributed by atoms with E-state index in [-0.39, 0.29) is 18.3 Å². The van der Waals surface area contributed by atoms with E-state index < -0.39 is 0 Å². The molecule has 112 valence electrons. The number of halogens is 1. The van der Waals surface area contributed by atoms with Gasteiger partial charge >= 0.3 is 0 Å². The summed E-state index contributed by atoms with van der Waals surface area (Å²) < 4.78 is 18.3. The Hall–Kier alpha value is -2.32. The lowest BCUT2D eigenvalue weighted by Crippen LogP contribution is -2.12. The summed E-state index contributed by atoms with van der Waals surface area (Å²) in [5.74, 6) is -0.0765. The van der Waals surface area contributed by atoms with E-state index in [1.54, 1.807) is 29.1 Å². The van der Waals surface area contributed by atoms with E-state index in [2.05, 4.69) is 15.3 Å². The van der Waals surface area contributed by atoms with Gasteiger partial charge in [0.05, 0.1) is 0 Å². The zero-order valence-corrected chi connectivity index (χ0v) is 12.8. The fourth-order valence-electron chi connectivity index (χ4n) is 1.60. The molecule has 22 heavy (non-hydrogen) atoms. The minimum Gasteiger partial charge on any atom is -0.486 e. The van der Waals surface area contributed by atoms with Crippen LogP contribution in [0.5, 0.6) is 5.75 Å². The Morgan fingerprint density at radius 3 is 2.82 bits per heavy atom. The van der Waals surface area contributed by atoms with Crippen molar-refractivity contribution in [3.05, 3.63) is 57.7 Å². The van der Waals surface area contributed by atoms with Crippen molar-refractivity contribution in [3.8, 4) is 5.75 Å². The maximum Gasteiger partial charge on any atom is 0.276 e. The van der Waals surface area contributed by atoms with Crippen LogP contribution < -0.4 is 10.1 Å². The van der Waals surface area contributed by atoms with Crippen LogP contribution in [-0.2, 0) is 6.61 Å². The molecule has 0 atom stereocenters. The second-order valence-electron chi connectivity index (χ2n) is 4.16. The molecule has 0 aliphatic heterocycles. The molecule has 0 spiro atoms. The number of amides is 1. The standard InChI is InChI=1S/C14H10FN3O2S2/c15-9-1-3-10(4-2-9)20-7-12-17-11(8-22-12)13(19)18-14-16-5-6-21-14/h1-6,8H,7H2,(H,16,18,19). The number of nitrogens with one attached hydrogen (secondary N) is 1. The predicted molar refractivity (Wildman–Crippen MR) is 82.9 cm³/mol. The number of anilines is 1. The highest BCUT2D eigenvalue weighted by atomic mass is 32.1. The summed E-state index contributed by atoms with van der Waals surface area (Å²) in [6.07, 6.45) is 1.61. The predicted octanol–water partition coefficient (Wildman–Crippen LogP) is 3.57. The first-order chi connectivity index (χ1) is 10.7. The normalized spacial score (nSPS) is 10.4. The molecule has 2 heterocycles. The van der Waals surface area contributed by atoms with Crippen molar-refractivity contribution >= 4 is 33.7 Å². The van der Waals surface area contributed by atoms with Crippen molar-refractivity contribution in [2.24, 2.45) is 0 Å². The molecule has 3 aromatic rings. The maximum absolute atomic E-state index is 12.8. The molecule has 0 bridgehead atoms. The lowest BCUT2D eigenvalue weighted by atomic mass is 10.3. The van der Waals surface area contributed by atoms with Crippen LogP contribution in [0.4, 0.5) is 9.52 Å². The number of carbonyl (C=O) groups is 1. The first kappa shape index (κ1) is 14.6. The Labute approximate surface area is 133 Å². The van der Waals surface area contributed by atoms with E-state index in [1.165, 1.54) is 34.8 Å². The van der Waals surface area contributed by atoms with Crippen molar-refractivity contribution in [1.29, 1.82) is 0 Å². The number of thiazole rings is 2. The number of hydrogen-bond acceptors (Lipinski definition) is 6. The van der Waals surface area contributed by atoms with Gasteiger partial charge in [0.15, 0.2) is 5.13 Å². The molecule has 8 heteroatoms. The summed E-state index contributed by atoms with van der Waals surface area (Å²) >= 11 is 2.66. The van der Waals surface area contributed by atoms with Crippen LogP contribution in [0.15, 0.2) is 41.2 Å². The van der Waals surface area contributed by atoms with Gasteiger partial charge in [0.25, 0.3) is 5.91 Å². The van der Waals surface area contributed by atoms with E-state index in [4.69, 9.17) is 4.74 Å². The number of hydrogen-bond donors (Lipinski definition) is 1. The van der Waals surface area contributed by atoms with Gasteiger partial charge in [0, 0.05) is 17.0 Å². The molecule has 1 amide bonds. The highest BCUT2D eigenvalue weighted by Crippen LogP contribution is 2.17. The van der Waals surface area contributed by atoms with Crippen molar-refractivity contribution in [3.63, 3.8) is 0 Å². The maximum atomic E-state index is 12.8. The molecule has 5 nitrogen and oxygen atoms in total. The van der Waals surface area contributed by atoms with Gasteiger partial charge in [-0.2, -0.15) is 0 Å². The lowest BCUT2D eigenvalue weighted by Gasteiger charge is -2.03. The summed E-state index contributed by atoms with van der Waals surface area (Å²) in [5, 5.41) is 7.29. The molecule has 0 saturated heterocycles. The Balaban J connectivity index is 1.58. The van der Waals surface area contributed by atoms with Gasteiger partial charge in [-0.15, -0.1) is 22.7 Å². The van der Waals surface area contributed by atoms with Crippen LogP contribution >= 0.6 is 22.7 Å². The first-order valence-electron chi connectivity index (χ1n) is 6.24. The van der Waals surface area contributed by atoms with Gasteiger partial charge in [0.1, 0.15) is 28.9 Å². The zero-order chi connectivity index (χ0) is 15.4. The van der Waals surface area contributed by atoms with Gasteiger partial charge in [-0.1, -0.05) is 0 Å². The van der Waals surface area contributed by atoms with Crippen molar-refractivity contribution in [1.82, 2.24) is 9.97 Å². The van der Waals surface area contributed by atoms with Gasteiger partial charge in [-0.25, -0.2) is 14.4 Å². The number of carbonyl (C=O) groups excluding carboxylic acids is 1. The summed E-state index contributed by atoms with van der Waals surface area (Å²) in [7, 11) is 0. The highest BCUT2D eigenvalue weighted by Gasteiger charge is 2.12. The average molecular weight is 335 g/mol. The molecular formula is C14H10FN3O2S2. The van der Waals surface area contributed by atoms with Gasteiger partial charge in [-0.3, -0.25) is 10.1 Å². The number of benzene rings is 1. The van der Waals surface area contributed by atoms with Crippen molar-refractivity contribution < 1.29 is 13.9 Å². The summed E-state index contributed by atoms with van der Waals surface area (Å²) in [4.78, 5) is 20.1. The van der Waals surface area contributed by atoms with Crippen LogP contribution in [0.1, 0.15) is 15.5 Å². The third-order valence-corrected chi connectivity index (χ3v) is 4.12. The second kappa shape index (κ2) is 6.63. The summed E-state index contributed by atoms with van der Waals surface area (Å²) in [6.45, 7) is 0.223. The smallest absolute Gasteiger partial charge is 0.276 e. The topological polar surface area (TPSA) is 64.1 Å². The minimum absolute atomic E-state index is 0.223. The molecule has 0 saturated carbocycles. The first-order valence-corrected chi connectivity index (χ1v) is 8.00. The van der Waals surface area contributed by atoms with Crippen LogP contribution in [0.2, 0.25) is 0 Å². The summed E-state index contributed by atoms with van der Waals surface area (Å²) in [6, 6.07) is 5.73. The number of nitrogens with zero attached hydrogens (tertiary/aromatic N) is 2. The van der Waals surface area contributed by atoms with Crippen LogP contribution in [0.25, 0.3) is 0 Å². The highest BCUT2D eigenvalue weighted by molar-refractivity contribution is 7.13. The number of aromatic nitrogens is 2. The number of ether oxygens (including phenoxy) is 1. The molecule has 0 radical (unpaired) electrons. The van der Waals surface area contributed by atoms with Crippen LogP contribution in [0, 0.1) is 5.82 Å². The fourth-order valence-corrected chi connectivity index (χ4v) is 2.81. The molecule has 0 aliphatic carbocycles. The van der Waals surface area contributed by atoms with E-state index in [0.29, 0.717) is 21.6 Å². The van der Waals surface area contributed by atoms with E-state index in [0.717, 1.165) is 0 Å². The van der Waals surface area contributed by atoms with Gasteiger partial charge < -0.3 is 4.74 Å². The third-order valence-electron chi connectivity index (χ3n) is 2.61. The third kappa shape index (κ3) is 3.66. The molecule has 0 unspecified atom stereocenters. The Bertz CT molecular complexity index is 757. The molecular weight excluding hydrogens is 325 g/mol. The molecule has 2 aromatic heterocycles. The van der Waals surface area contributed by atoms with E-state index >= 15 is 0 Å². The molecule has 1 N–H and O–H groups in total. The van der Waals surface area contributed by atoms with Crippen LogP contribution in [-0.4, -0.2) is 15.9 Å². The van der Waals surface area contributed by atoms with Gasteiger partial charge in [-0.05, 0) is 24.3 Å². The fraction of sp³-hybridized carbons (Fsp3) is 0.0714. The SMILES string of the molecule is O=C(Nc1nccs1)c1csc(COc2ccc(F)cc2)n1. The van der Waals surface area contributed by atoms with Crippen molar-refractivity contribution in [2.45, 2.75) is 6.61 Å². The Morgan fingerprint density at radius 1 is 1.27 bits per heavy atom. The minimum atomic E-state index is -0.317. The van der Waals surface area contributed by atoms with E-state index in [1.807, 2.05) is 0 Å². The summed E-state index contributed by atoms with van der Waals surface area (Å²) in [5.41, 5.74) is 0.318. The molecule has 1 aromatic carbocycles. The Morgan fingerprint density at radius 2 is 2.09 bits per heavy atom. The quantitative estimate of drug-likeness (QED) is 0.774. The van der Waals surface area contributed by atoms with E-state index in [9.17, 15) is 9.18 Å². The number of rotatable bonds is 5. The van der Waals surface area contributed by atoms with Crippen molar-refractivity contribution in [2.75, 3.05) is 5.32 Å². The zero-order valence-electron chi connectivity index (χ0n) is 11.2. The van der Waals surface area contributed by atoms with Crippen LogP contribution in [0.3, 0.4) is 0 Å². The molecule has 3 rings (SSSR count). The lowest BCUT2D eigenvalue weighted by molar-refractivity contribution is 0.102. The molecule has 0 aliphatic rings. The monoisotopic (exact) mass is 335 g/mol.